The van der Waals surface area contributed by atoms with Crippen molar-refractivity contribution in [2.24, 2.45) is 0 Å². The Kier molecular flexibility index (Phi) is 4.35. The predicted octanol–water partition coefficient (Wildman–Crippen LogP) is 4.74. The molecule has 3 rings (SSSR count). The second-order valence-corrected chi connectivity index (χ2v) is 5.44. The fourth-order valence-electron chi connectivity index (χ4n) is 2.22. The van der Waals surface area contributed by atoms with Crippen molar-refractivity contribution in [1.82, 2.24) is 9.97 Å². The summed E-state index contributed by atoms with van der Waals surface area (Å²) in [7, 11) is 0. The first kappa shape index (κ1) is 15.2. The number of benzene rings is 2. The van der Waals surface area contributed by atoms with E-state index in [0.29, 0.717) is 22.2 Å². The number of anilines is 2. The number of halogens is 1. The summed E-state index contributed by atoms with van der Waals surface area (Å²) in [5.74, 6) is 0.424. The molecule has 0 aliphatic heterocycles. The minimum absolute atomic E-state index is 0.0121. The third-order valence-electron chi connectivity index (χ3n) is 3.35. The van der Waals surface area contributed by atoms with Gasteiger partial charge in [0.2, 0.25) is 5.95 Å². The largest absolute Gasteiger partial charge is 0.323 e. The lowest BCUT2D eigenvalue weighted by Gasteiger charge is -2.09. The fraction of sp³-hybridized carbons (Fsp3) is 0.0556. The third-order valence-corrected chi connectivity index (χ3v) is 3.60. The molecular formula is C18H14ClN3O. The van der Waals surface area contributed by atoms with E-state index in [2.05, 4.69) is 15.3 Å². The molecule has 0 radical (unpaired) electrons. The molecule has 2 aromatic carbocycles. The first-order valence-corrected chi connectivity index (χ1v) is 7.47. The molecule has 114 valence electrons. The maximum Gasteiger partial charge on any atom is 0.227 e. The van der Waals surface area contributed by atoms with Crippen LogP contribution in [0.25, 0.3) is 11.3 Å². The van der Waals surface area contributed by atoms with E-state index in [9.17, 15) is 4.79 Å². The van der Waals surface area contributed by atoms with Gasteiger partial charge in [-0.3, -0.25) is 4.79 Å². The number of hydrogen-bond donors (Lipinski definition) is 1. The summed E-state index contributed by atoms with van der Waals surface area (Å²) < 4.78 is 0. The molecule has 0 atom stereocenters. The highest BCUT2D eigenvalue weighted by molar-refractivity contribution is 6.30. The van der Waals surface area contributed by atoms with Crippen LogP contribution in [0.2, 0.25) is 5.02 Å². The number of para-hydroxylation sites is 1. The van der Waals surface area contributed by atoms with Crippen molar-refractivity contribution in [2.45, 2.75) is 6.92 Å². The van der Waals surface area contributed by atoms with Crippen molar-refractivity contribution in [3.8, 4) is 11.3 Å². The van der Waals surface area contributed by atoms with Crippen molar-refractivity contribution in [2.75, 3.05) is 5.32 Å². The SMILES string of the molecule is CC(=O)c1ccccc1Nc1nccc(-c2ccc(Cl)cc2)n1. The number of nitrogens with one attached hydrogen (secondary N) is 1. The first-order valence-electron chi connectivity index (χ1n) is 7.09. The second kappa shape index (κ2) is 6.58. The van der Waals surface area contributed by atoms with Gasteiger partial charge in [-0.2, -0.15) is 0 Å². The van der Waals surface area contributed by atoms with Crippen LogP contribution in [0.5, 0.6) is 0 Å². The first-order chi connectivity index (χ1) is 11.1. The smallest absolute Gasteiger partial charge is 0.227 e. The topological polar surface area (TPSA) is 54.9 Å². The number of rotatable bonds is 4. The molecule has 0 fully saturated rings. The number of nitrogens with zero attached hydrogens (tertiary/aromatic N) is 2. The van der Waals surface area contributed by atoms with Gasteiger partial charge in [0.25, 0.3) is 0 Å². The highest BCUT2D eigenvalue weighted by atomic mass is 35.5. The maximum atomic E-state index is 11.7. The monoisotopic (exact) mass is 323 g/mol. The van der Waals surface area contributed by atoms with Crippen molar-refractivity contribution in [3.05, 3.63) is 71.4 Å². The molecule has 0 saturated heterocycles. The van der Waals surface area contributed by atoms with Crippen molar-refractivity contribution in [1.29, 1.82) is 0 Å². The summed E-state index contributed by atoms with van der Waals surface area (Å²) >= 11 is 5.91. The standard InChI is InChI=1S/C18H14ClN3O/c1-12(23)15-4-2-3-5-17(15)22-18-20-11-10-16(21-18)13-6-8-14(19)9-7-13/h2-11H,1H3,(H,20,21,22). The van der Waals surface area contributed by atoms with Crippen LogP contribution in [0.4, 0.5) is 11.6 Å². The van der Waals surface area contributed by atoms with E-state index in [1.165, 1.54) is 6.92 Å². The van der Waals surface area contributed by atoms with E-state index < -0.39 is 0 Å². The quantitative estimate of drug-likeness (QED) is 0.704. The summed E-state index contributed by atoms with van der Waals surface area (Å²) in [6.45, 7) is 1.53. The van der Waals surface area contributed by atoms with E-state index in [1.54, 1.807) is 12.3 Å². The zero-order valence-corrected chi connectivity index (χ0v) is 13.2. The van der Waals surface area contributed by atoms with Gasteiger partial charge in [0.05, 0.1) is 11.4 Å². The molecule has 0 spiro atoms. The zero-order chi connectivity index (χ0) is 16.2. The fourth-order valence-corrected chi connectivity index (χ4v) is 2.35. The van der Waals surface area contributed by atoms with Gasteiger partial charge in [0, 0.05) is 22.3 Å². The van der Waals surface area contributed by atoms with Crippen LogP contribution in [0, 0.1) is 0 Å². The Morgan fingerprint density at radius 1 is 1.04 bits per heavy atom. The number of carbonyl (C=O) groups excluding carboxylic acids is 1. The highest BCUT2D eigenvalue weighted by Gasteiger charge is 2.08. The normalized spacial score (nSPS) is 10.3. The molecule has 0 amide bonds. The maximum absolute atomic E-state index is 11.7. The zero-order valence-electron chi connectivity index (χ0n) is 12.5. The molecule has 0 unspecified atom stereocenters. The number of Topliss-reactive ketones (excluding diaryl/α,β-unsaturated/α-hetero) is 1. The Hall–Kier alpha value is -2.72. The molecule has 0 aliphatic carbocycles. The van der Waals surface area contributed by atoms with Crippen LogP contribution in [0.3, 0.4) is 0 Å². The summed E-state index contributed by atoms with van der Waals surface area (Å²) in [5, 5.41) is 3.78. The number of hydrogen-bond acceptors (Lipinski definition) is 4. The van der Waals surface area contributed by atoms with Crippen LogP contribution in [-0.2, 0) is 0 Å². The van der Waals surface area contributed by atoms with Gasteiger partial charge in [0.15, 0.2) is 5.78 Å². The molecule has 1 aromatic heterocycles. The number of carbonyl (C=O) groups is 1. The van der Waals surface area contributed by atoms with Gasteiger partial charge in [-0.1, -0.05) is 35.9 Å². The van der Waals surface area contributed by atoms with Gasteiger partial charge in [-0.05, 0) is 37.3 Å². The van der Waals surface area contributed by atoms with Crippen molar-refractivity contribution >= 4 is 29.0 Å². The van der Waals surface area contributed by atoms with Gasteiger partial charge >= 0.3 is 0 Å². The second-order valence-electron chi connectivity index (χ2n) is 5.00. The van der Waals surface area contributed by atoms with Crippen LogP contribution in [0.1, 0.15) is 17.3 Å². The minimum atomic E-state index is -0.0121. The predicted molar refractivity (Wildman–Crippen MR) is 92.2 cm³/mol. The summed E-state index contributed by atoms with van der Waals surface area (Å²) in [4.78, 5) is 20.4. The average Bonchev–Trinajstić information content (AvgIpc) is 2.56. The van der Waals surface area contributed by atoms with Crippen molar-refractivity contribution in [3.63, 3.8) is 0 Å². The molecule has 0 bridgehead atoms. The van der Waals surface area contributed by atoms with E-state index in [4.69, 9.17) is 11.6 Å². The Labute approximate surface area is 139 Å². The third kappa shape index (κ3) is 3.55. The molecule has 4 nitrogen and oxygen atoms in total. The molecule has 23 heavy (non-hydrogen) atoms. The van der Waals surface area contributed by atoms with Crippen molar-refractivity contribution < 1.29 is 4.79 Å². The molecule has 5 heteroatoms. The minimum Gasteiger partial charge on any atom is -0.323 e. The molecular weight excluding hydrogens is 310 g/mol. The Morgan fingerprint density at radius 3 is 2.52 bits per heavy atom. The van der Waals surface area contributed by atoms with Crippen LogP contribution >= 0.6 is 11.6 Å². The lowest BCUT2D eigenvalue weighted by Crippen LogP contribution is -2.03. The molecule has 1 N–H and O–H groups in total. The average molecular weight is 324 g/mol. The Bertz CT molecular complexity index is 847. The molecule has 1 heterocycles. The van der Waals surface area contributed by atoms with E-state index in [-0.39, 0.29) is 5.78 Å². The lowest BCUT2D eigenvalue weighted by molar-refractivity contribution is 0.101. The van der Waals surface area contributed by atoms with Crippen LogP contribution in [0.15, 0.2) is 60.8 Å². The number of ketones is 1. The van der Waals surface area contributed by atoms with E-state index in [0.717, 1.165) is 11.3 Å². The highest BCUT2D eigenvalue weighted by Crippen LogP contribution is 2.23. The Balaban J connectivity index is 1.92. The number of aromatic nitrogens is 2. The Morgan fingerprint density at radius 2 is 1.78 bits per heavy atom. The van der Waals surface area contributed by atoms with Gasteiger partial charge in [-0.15, -0.1) is 0 Å². The summed E-state index contributed by atoms with van der Waals surface area (Å²) in [5.41, 5.74) is 3.01. The van der Waals surface area contributed by atoms with Gasteiger partial charge in [0.1, 0.15) is 0 Å². The summed E-state index contributed by atoms with van der Waals surface area (Å²) in [6, 6.07) is 16.5. The van der Waals surface area contributed by atoms with Gasteiger partial charge < -0.3 is 5.32 Å². The van der Waals surface area contributed by atoms with Crippen LogP contribution < -0.4 is 5.32 Å². The molecule has 3 aromatic rings. The summed E-state index contributed by atoms with van der Waals surface area (Å²) in [6.07, 6.45) is 1.68. The lowest BCUT2D eigenvalue weighted by atomic mass is 10.1. The van der Waals surface area contributed by atoms with Gasteiger partial charge in [-0.25, -0.2) is 9.97 Å². The molecule has 0 aliphatic rings. The van der Waals surface area contributed by atoms with Crippen LogP contribution in [-0.4, -0.2) is 15.8 Å². The van der Waals surface area contributed by atoms with E-state index >= 15 is 0 Å². The molecule has 0 saturated carbocycles. The van der Waals surface area contributed by atoms with E-state index in [1.807, 2.05) is 48.5 Å².